The van der Waals surface area contributed by atoms with Crippen molar-refractivity contribution in [2.75, 3.05) is 20.1 Å². The van der Waals surface area contributed by atoms with Gasteiger partial charge in [0.15, 0.2) is 0 Å². The molecule has 1 N–H and O–H groups in total. The number of aliphatic hydroxyl groups is 1. The molecule has 1 aliphatic heterocycles. The maximum atomic E-state index is 9.77. The van der Waals surface area contributed by atoms with Crippen molar-refractivity contribution in [3.05, 3.63) is 0 Å². The van der Waals surface area contributed by atoms with Crippen LogP contribution in [0.1, 0.15) is 25.7 Å². The molecule has 2 heteroatoms. The predicted molar refractivity (Wildman–Crippen MR) is 44.4 cm³/mol. The first-order valence-electron chi connectivity index (χ1n) is 4.60. The molecule has 2 fully saturated rings. The molecule has 0 amide bonds. The van der Waals surface area contributed by atoms with Crippen LogP contribution in [0.2, 0.25) is 0 Å². The second-order valence-corrected chi connectivity index (χ2v) is 4.30. The molecule has 1 saturated carbocycles. The zero-order chi connectivity index (χ0) is 7.90. The lowest BCUT2D eigenvalue weighted by Gasteiger charge is -2.53. The zero-order valence-corrected chi connectivity index (χ0v) is 7.21. The van der Waals surface area contributed by atoms with Crippen molar-refractivity contribution in [1.29, 1.82) is 0 Å². The minimum atomic E-state index is -0.00699. The Morgan fingerprint density at radius 1 is 1.36 bits per heavy atom. The monoisotopic (exact) mass is 155 g/mol. The summed E-state index contributed by atoms with van der Waals surface area (Å²) in [7, 11) is 2.13. The van der Waals surface area contributed by atoms with Gasteiger partial charge in [-0.3, -0.25) is 0 Å². The number of hydrogen-bond donors (Lipinski definition) is 1. The minimum Gasteiger partial charge on any atom is -0.392 e. The highest BCUT2D eigenvalue weighted by Gasteiger charge is 2.47. The molecule has 64 valence electrons. The quantitative estimate of drug-likeness (QED) is 0.560. The highest BCUT2D eigenvalue weighted by molar-refractivity contribution is 5.00. The first-order valence-corrected chi connectivity index (χ1v) is 4.60. The van der Waals surface area contributed by atoms with E-state index in [1.807, 2.05) is 0 Å². The molecule has 0 radical (unpaired) electrons. The average molecular weight is 155 g/mol. The van der Waals surface area contributed by atoms with Crippen molar-refractivity contribution >= 4 is 0 Å². The standard InChI is InChI=1S/C9H17NO/c1-10-6-9(7-10)5-3-2-4-8(9)11/h8,11H,2-7H2,1H3. The van der Waals surface area contributed by atoms with Gasteiger partial charge in [0, 0.05) is 18.5 Å². The van der Waals surface area contributed by atoms with Crippen LogP contribution in [0.15, 0.2) is 0 Å². The van der Waals surface area contributed by atoms with E-state index in [1.165, 1.54) is 19.3 Å². The Hall–Kier alpha value is -0.0800. The van der Waals surface area contributed by atoms with Gasteiger partial charge in [-0.25, -0.2) is 0 Å². The molecular weight excluding hydrogens is 138 g/mol. The Morgan fingerprint density at radius 3 is 2.64 bits per heavy atom. The van der Waals surface area contributed by atoms with Crippen molar-refractivity contribution in [3.8, 4) is 0 Å². The third-order valence-electron chi connectivity index (χ3n) is 3.28. The second-order valence-electron chi connectivity index (χ2n) is 4.30. The normalized spacial score (nSPS) is 37.1. The summed E-state index contributed by atoms with van der Waals surface area (Å²) in [4.78, 5) is 2.30. The largest absolute Gasteiger partial charge is 0.392 e. The first kappa shape index (κ1) is 7.56. The Morgan fingerprint density at radius 2 is 2.09 bits per heavy atom. The Labute approximate surface area is 68.2 Å². The van der Waals surface area contributed by atoms with E-state index in [1.54, 1.807) is 0 Å². The van der Waals surface area contributed by atoms with Gasteiger partial charge in [0.25, 0.3) is 0 Å². The van der Waals surface area contributed by atoms with Crippen molar-refractivity contribution < 1.29 is 5.11 Å². The third-order valence-corrected chi connectivity index (χ3v) is 3.28. The maximum absolute atomic E-state index is 9.77. The van der Waals surface area contributed by atoms with Crippen LogP contribution >= 0.6 is 0 Å². The number of nitrogens with zero attached hydrogens (tertiary/aromatic N) is 1. The van der Waals surface area contributed by atoms with Crippen LogP contribution < -0.4 is 0 Å². The highest BCUT2D eigenvalue weighted by Crippen LogP contribution is 2.43. The van der Waals surface area contributed by atoms with E-state index in [2.05, 4.69) is 11.9 Å². The molecule has 0 aromatic carbocycles. The summed E-state index contributed by atoms with van der Waals surface area (Å²) < 4.78 is 0. The van der Waals surface area contributed by atoms with Gasteiger partial charge in [-0.2, -0.15) is 0 Å². The summed E-state index contributed by atoms with van der Waals surface area (Å²) in [6, 6.07) is 0. The summed E-state index contributed by atoms with van der Waals surface area (Å²) in [5.41, 5.74) is 0.312. The molecule has 0 aromatic heterocycles. The van der Waals surface area contributed by atoms with Gasteiger partial charge in [0.1, 0.15) is 0 Å². The molecule has 1 spiro atoms. The molecule has 1 saturated heterocycles. The fraction of sp³-hybridized carbons (Fsp3) is 1.00. The van der Waals surface area contributed by atoms with Gasteiger partial charge in [0.05, 0.1) is 6.10 Å². The summed E-state index contributed by atoms with van der Waals surface area (Å²) in [6.45, 7) is 2.24. The van der Waals surface area contributed by atoms with E-state index in [4.69, 9.17) is 0 Å². The summed E-state index contributed by atoms with van der Waals surface area (Å²) in [5.74, 6) is 0. The van der Waals surface area contributed by atoms with Gasteiger partial charge in [-0.05, 0) is 19.9 Å². The van der Waals surface area contributed by atoms with Crippen LogP contribution in [-0.4, -0.2) is 36.2 Å². The third kappa shape index (κ3) is 1.09. The maximum Gasteiger partial charge on any atom is 0.0621 e. The van der Waals surface area contributed by atoms with Gasteiger partial charge in [0.2, 0.25) is 0 Å². The number of hydrogen-bond acceptors (Lipinski definition) is 2. The van der Waals surface area contributed by atoms with Crippen LogP contribution in [-0.2, 0) is 0 Å². The van der Waals surface area contributed by atoms with Crippen LogP contribution in [0.4, 0.5) is 0 Å². The molecule has 0 bridgehead atoms. The number of likely N-dealkylation sites (tertiary alicyclic amines) is 1. The SMILES string of the molecule is CN1CC2(CCCCC2O)C1. The fourth-order valence-electron chi connectivity index (χ4n) is 2.69. The molecule has 11 heavy (non-hydrogen) atoms. The van der Waals surface area contributed by atoms with Gasteiger partial charge < -0.3 is 10.0 Å². The lowest BCUT2D eigenvalue weighted by Crippen LogP contribution is -2.61. The summed E-state index contributed by atoms with van der Waals surface area (Å²) in [6.07, 6.45) is 4.83. The zero-order valence-electron chi connectivity index (χ0n) is 7.21. The van der Waals surface area contributed by atoms with E-state index < -0.39 is 0 Å². The van der Waals surface area contributed by atoms with Crippen LogP contribution in [0.3, 0.4) is 0 Å². The molecule has 2 rings (SSSR count). The van der Waals surface area contributed by atoms with Gasteiger partial charge in [-0.15, -0.1) is 0 Å². The summed E-state index contributed by atoms with van der Waals surface area (Å²) in [5, 5.41) is 9.77. The Balaban J connectivity index is 2.00. The van der Waals surface area contributed by atoms with Gasteiger partial charge in [-0.1, -0.05) is 12.8 Å². The molecular formula is C9H17NO. The van der Waals surface area contributed by atoms with E-state index >= 15 is 0 Å². The molecule has 2 nitrogen and oxygen atoms in total. The van der Waals surface area contributed by atoms with E-state index in [0.29, 0.717) is 5.41 Å². The molecule has 2 aliphatic rings. The van der Waals surface area contributed by atoms with Crippen molar-refractivity contribution in [2.45, 2.75) is 31.8 Å². The Bertz CT molecular complexity index is 146. The highest BCUT2D eigenvalue weighted by atomic mass is 16.3. The lowest BCUT2D eigenvalue weighted by atomic mass is 9.67. The fourth-order valence-corrected chi connectivity index (χ4v) is 2.69. The number of aliphatic hydroxyl groups excluding tert-OH is 1. The molecule has 1 heterocycles. The Kier molecular flexibility index (Phi) is 1.69. The summed E-state index contributed by atoms with van der Waals surface area (Å²) >= 11 is 0. The molecule has 0 aromatic rings. The van der Waals surface area contributed by atoms with Crippen molar-refractivity contribution in [1.82, 2.24) is 4.90 Å². The molecule has 1 atom stereocenters. The molecule has 1 unspecified atom stereocenters. The van der Waals surface area contributed by atoms with Crippen LogP contribution in [0, 0.1) is 5.41 Å². The van der Waals surface area contributed by atoms with Crippen LogP contribution in [0.25, 0.3) is 0 Å². The minimum absolute atomic E-state index is 0.00699. The van der Waals surface area contributed by atoms with Gasteiger partial charge >= 0.3 is 0 Å². The van der Waals surface area contributed by atoms with E-state index in [9.17, 15) is 5.11 Å². The van der Waals surface area contributed by atoms with E-state index in [0.717, 1.165) is 19.5 Å². The second kappa shape index (κ2) is 2.46. The van der Waals surface area contributed by atoms with Crippen molar-refractivity contribution in [3.63, 3.8) is 0 Å². The first-order chi connectivity index (χ1) is 5.23. The smallest absolute Gasteiger partial charge is 0.0621 e. The molecule has 1 aliphatic carbocycles. The lowest BCUT2D eigenvalue weighted by molar-refractivity contribution is -0.105. The van der Waals surface area contributed by atoms with Crippen molar-refractivity contribution in [2.24, 2.45) is 5.41 Å². The average Bonchev–Trinajstić information content (AvgIpc) is 1.92. The number of rotatable bonds is 0. The predicted octanol–water partition coefficient (Wildman–Crippen LogP) is 0.853. The topological polar surface area (TPSA) is 23.5 Å². The van der Waals surface area contributed by atoms with Crippen LogP contribution in [0.5, 0.6) is 0 Å². The van der Waals surface area contributed by atoms with E-state index in [-0.39, 0.29) is 6.10 Å².